The maximum Gasteiger partial charge on any atom is 0.256 e. The fourth-order valence-electron chi connectivity index (χ4n) is 3.14. The molecule has 0 radical (unpaired) electrons. The number of amides is 1. The van der Waals surface area contributed by atoms with Crippen molar-refractivity contribution in [2.24, 2.45) is 0 Å². The summed E-state index contributed by atoms with van der Waals surface area (Å²) in [6.07, 6.45) is 1.72. The Morgan fingerprint density at radius 2 is 1.90 bits per heavy atom. The number of aromatic nitrogens is 3. The molecule has 0 bridgehead atoms. The lowest BCUT2D eigenvalue weighted by molar-refractivity contribution is 0.0747. The van der Waals surface area contributed by atoms with Crippen LogP contribution in [0.4, 0.5) is 17.5 Å². The van der Waals surface area contributed by atoms with E-state index < -0.39 is 0 Å². The van der Waals surface area contributed by atoms with Crippen LogP contribution < -0.4 is 10.2 Å². The Balaban J connectivity index is 1.44. The highest BCUT2D eigenvalue weighted by Gasteiger charge is 2.25. The van der Waals surface area contributed by atoms with E-state index in [1.807, 2.05) is 31.2 Å². The van der Waals surface area contributed by atoms with Crippen molar-refractivity contribution in [3.05, 3.63) is 56.6 Å². The molecule has 0 aliphatic carbocycles. The highest BCUT2D eigenvalue weighted by molar-refractivity contribution is 7.20. The second kappa shape index (κ2) is 8.52. The minimum Gasteiger partial charge on any atom is -0.353 e. The van der Waals surface area contributed by atoms with Crippen molar-refractivity contribution in [1.29, 1.82) is 0 Å². The van der Waals surface area contributed by atoms with Gasteiger partial charge < -0.3 is 15.1 Å². The molecule has 4 rings (SSSR count). The Hall–Kier alpha value is -2.42. The Labute approximate surface area is 182 Å². The van der Waals surface area contributed by atoms with Crippen LogP contribution in [0.15, 0.2) is 36.5 Å². The zero-order chi connectivity index (χ0) is 20.4. The second-order valence-electron chi connectivity index (χ2n) is 6.52. The Morgan fingerprint density at radius 1 is 1.10 bits per heavy atom. The standard InChI is InChI=1S/C19H18Cl2N6OS/c1-12-23-16(25-15-4-2-3-5-22-15)11-17(24-12)26-6-8-27(9-7-26)19(28)13-10-14(20)29-18(13)21/h2-5,10-11H,6-9H2,1H3,(H,22,23,24,25). The predicted molar refractivity (Wildman–Crippen MR) is 117 cm³/mol. The average Bonchev–Trinajstić information content (AvgIpc) is 3.06. The van der Waals surface area contributed by atoms with E-state index >= 15 is 0 Å². The lowest BCUT2D eigenvalue weighted by Crippen LogP contribution is -2.49. The van der Waals surface area contributed by atoms with E-state index in [0.717, 1.165) is 11.6 Å². The maximum absolute atomic E-state index is 12.7. The summed E-state index contributed by atoms with van der Waals surface area (Å²) < 4.78 is 0.945. The molecule has 0 spiro atoms. The van der Waals surface area contributed by atoms with Gasteiger partial charge in [-0.1, -0.05) is 29.3 Å². The van der Waals surface area contributed by atoms with Gasteiger partial charge in [-0.05, 0) is 25.1 Å². The molecule has 7 nitrogen and oxygen atoms in total. The fourth-order valence-corrected chi connectivity index (χ4v) is 4.59. The van der Waals surface area contributed by atoms with Crippen molar-refractivity contribution in [3.8, 4) is 0 Å². The summed E-state index contributed by atoms with van der Waals surface area (Å²) >= 11 is 13.3. The van der Waals surface area contributed by atoms with Gasteiger partial charge in [0, 0.05) is 38.4 Å². The van der Waals surface area contributed by atoms with Gasteiger partial charge in [0.1, 0.15) is 27.6 Å². The minimum atomic E-state index is -0.0887. The topological polar surface area (TPSA) is 74.2 Å². The molecule has 29 heavy (non-hydrogen) atoms. The van der Waals surface area contributed by atoms with Crippen molar-refractivity contribution >= 4 is 57.9 Å². The zero-order valence-electron chi connectivity index (χ0n) is 15.6. The molecule has 10 heteroatoms. The molecular formula is C19H18Cl2N6OS. The molecule has 150 valence electrons. The first-order valence-corrected chi connectivity index (χ1v) is 10.6. The number of nitrogens with one attached hydrogen (secondary N) is 1. The Bertz CT molecular complexity index is 1020. The van der Waals surface area contributed by atoms with E-state index in [9.17, 15) is 4.79 Å². The summed E-state index contributed by atoms with van der Waals surface area (Å²) in [4.78, 5) is 29.9. The van der Waals surface area contributed by atoms with Crippen molar-refractivity contribution in [2.45, 2.75) is 6.92 Å². The van der Waals surface area contributed by atoms with Crippen molar-refractivity contribution in [2.75, 3.05) is 36.4 Å². The summed E-state index contributed by atoms with van der Waals surface area (Å²) in [6, 6.07) is 9.18. The second-order valence-corrected chi connectivity index (χ2v) is 8.80. The molecule has 1 aliphatic rings. The normalized spacial score (nSPS) is 14.2. The molecule has 1 aliphatic heterocycles. The van der Waals surface area contributed by atoms with Crippen LogP contribution in [0.5, 0.6) is 0 Å². The van der Waals surface area contributed by atoms with Crippen molar-refractivity contribution in [3.63, 3.8) is 0 Å². The monoisotopic (exact) mass is 448 g/mol. The molecule has 4 heterocycles. The third-order valence-corrected chi connectivity index (χ3v) is 6.01. The highest BCUT2D eigenvalue weighted by Crippen LogP contribution is 2.32. The first-order chi connectivity index (χ1) is 14.0. The third kappa shape index (κ3) is 4.60. The molecule has 1 saturated heterocycles. The van der Waals surface area contributed by atoms with E-state index in [2.05, 4.69) is 25.2 Å². The van der Waals surface area contributed by atoms with Crippen LogP contribution in [0.1, 0.15) is 16.2 Å². The number of carbonyl (C=O) groups excluding carboxylic acids is 1. The largest absolute Gasteiger partial charge is 0.353 e. The van der Waals surface area contributed by atoms with Crippen LogP contribution in [0.3, 0.4) is 0 Å². The predicted octanol–water partition coefficient (Wildman–Crippen LogP) is 4.25. The molecule has 0 unspecified atom stereocenters. The molecule has 1 amide bonds. The number of aryl methyl sites for hydroxylation is 1. The number of hydrogen-bond donors (Lipinski definition) is 1. The van der Waals surface area contributed by atoms with Gasteiger partial charge in [-0.3, -0.25) is 4.79 Å². The number of nitrogens with zero attached hydrogens (tertiary/aromatic N) is 5. The van der Waals surface area contributed by atoms with Gasteiger partial charge in [-0.2, -0.15) is 0 Å². The number of anilines is 3. The van der Waals surface area contributed by atoms with E-state index in [1.54, 1.807) is 17.2 Å². The number of pyridine rings is 1. The summed E-state index contributed by atoms with van der Waals surface area (Å²) in [5, 5.41) is 3.20. The number of rotatable bonds is 4. The fraction of sp³-hybridized carbons (Fsp3) is 0.263. The smallest absolute Gasteiger partial charge is 0.256 e. The quantitative estimate of drug-likeness (QED) is 0.642. The third-order valence-electron chi connectivity index (χ3n) is 4.52. The molecule has 1 N–H and O–H groups in total. The van der Waals surface area contributed by atoms with Crippen LogP contribution in [-0.2, 0) is 0 Å². The van der Waals surface area contributed by atoms with E-state index in [-0.39, 0.29) is 5.91 Å². The van der Waals surface area contributed by atoms with E-state index in [0.29, 0.717) is 52.1 Å². The molecule has 0 saturated carbocycles. The van der Waals surface area contributed by atoms with Crippen LogP contribution in [0.2, 0.25) is 8.67 Å². The van der Waals surface area contributed by atoms with Gasteiger partial charge in [-0.25, -0.2) is 15.0 Å². The van der Waals surface area contributed by atoms with Crippen LogP contribution in [0, 0.1) is 6.92 Å². The molecule has 0 atom stereocenters. The molecule has 3 aromatic rings. The molecule has 1 fully saturated rings. The van der Waals surface area contributed by atoms with E-state index in [1.165, 1.54) is 11.3 Å². The molecule has 0 aromatic carbocycles. The molecular weight excluding hydrogens is 431 g/mol. The average molecular weight is 449 g/mol. The van der Waals surface area contributed by atoms with Gasteiger partial charge in [0.15, 0.2) is 0 Å². The number of carbonyl (C=O) groups is 1. The number of halogens is 2. The summed E-state index contributed by atoms with van der Waals surface area (Å²) in [5.41, 5.74) is 0.467. The van der Waals surface area contributed by atoms with Gasteiger partial charge in [0.05, 0.1) is 9.90 Å². The summed E-state index contributed by atoms with van der Waals surface area (Å²) in [5.74, 6) is 2.80. The number of piperazine rings is 1. The maximum atomic E-state index is 12.7. The summed E-state index contributed by atoms with van der Waals surface area (Å²) in [7, 11) is 0. The van der Waals surface area contributed by atoms with Crippen LogP contribution in [0.25, 0.3) is 0 Å². The Morgan fingerprint density at radius 3 is 2.55 bits per heavy atom. The SMILES string of the molecule is Cc1nc(Nc2ccccn2)cc(N2CCN(C(=O)c3cc(Cl)sc3Cl)CC2)n1. The summed E-state index contributed by atoms with van der Waals surface area (Å²) in [6.45, 7) is 4.35. The number of hydrogen-bond acceptors (Lipinski definition) is 7. The van der Waals surface area contributed by atoms with Gasteiger partial charge in [0.25, 0.3) is 5.91 Å². The van der Waals surface area contributed by atoms with Gasteiger partial charge in [0.2, 0.25) is 0 Å². The first kappa shape index (κ1) is 19.9. The minimum absolute atomic E-state index is 0.0887. The molecule has 3 aromatic heterocycles. The first-order valence-electron chi connectivity index (χ1n) is 9.02. The number of thiophene rings is 1. The van der Waals surface area contributed by atoms with Crippen molar-refractivity contribution in [1.82, 2.24) is 19.9 Å². The lowest BCUT2D eigenvalue weighted by atomic mass is 10.2. The van der Waals surface area contributed by atoms with Gasteiger partial charge in [-0.15, -0.1) is 11.3 Å². The lowest BCUT2D eigenvalue weighted by Gasteiger charge is -2.35. The highest BCUT2D eigenvalue weighted by atomic mass is 35.5. The van der Waals surface area contributed by atoms with Crippen LogP contribution in [-0.4, -0.2) is 51.9 Å². The Kier molecular flexibility index (Phi) is 5.84. The zero-order valence-corrected chi connectivity index (χ0v) is 17.9. The van der Waals surface area contributed by atoms with E-state index in [4.69, 9.17) is 23.2 Å². The van der Waals surface area contributed by atoms with Gasteiger partial charge >= 0.3 is 0 Å². The van der Waals surface area contributed by atoms with Crippen molar-refractivity contribution < 1.29 is 4.79 Å². The van der Waals surface area contributed by atoms with Crippen LogP contribution >= 0.6 is 34.5 Å².